The van der Waals surface area contributed by atoms with Crippen LogP contribution in [0.1, 0.15) is 44.8 Å². The van der Waals surface area contributed by atoms with Crippen LogP contribution in [-0.2, 0) is 6.42 Å². The molecule has 6 heteroatoms. The molecule has 0 saturated heterocycles. The quantitative estimate of drug-likeness (QED) is 0.432. The lowest BCUT2D eigenvalue weighted by atomic mass is 10.0. The molecule has 114 valence electrons. The summed E-state index contributed by atoms with van der Waals surface area (Å²) in [5, 5.41) is 10.4. The number of guanidine groups is 1. The summed E-state index contributed by atoms with van der Waals surface area (Å²) in [5.74, 6) is 2.95. The molecule has 1 aromatic heterocycles. The molecule has 0 bridgehead atoms. The van der Waals surface area contributed by atoms with Gasteiger partial charge in [0.15, 0.2) is 11.8 Å². The van der Waals surface area contributed by atoms with Crippen LogP contribution in [0.15, 0.2) is 9.52 Å². The molecule has 20 heavy (non-hydrogen) atoms. The van der Waals surface area contributed by atoms with E-state index in [1.165, 1.54) is 12.8 Å². The van der Waals surface area contributed by atoms with Gasteiger partial charge in [-0.15, -0.1) is 0 Å². The Kier molecular flexibility index (Phi) is 7.69. The van der Waals surface area contributed by atoms with E-state index in [4.69, 9.17) is 4.52 Å². The van der Waals surface area contributed by atoms with Crippen LogP contribution in [0, 0.1) is 12.8 Å². The Morgan fingerprint density at radius 3 is 2.60 bits per heavy atom. The van der Waals surface area contributed by atoms with E-state index in [2.05, 4.69) is 39.6 Å². The first kappa shape index (κ1) is 16.5. The number of rotatable bonds is 8. The second kappa shape index (κ2) is 9.34. The van der Waals surface area contributed by atoms with E-state index in [9.17, 15) is 0 Å². The highest BCUT2D eigenvalue weighted by atomic mass is 16.5. The molecule has 0 aliphatic heterocycles. The van der Waals surface area contributed by atoms with Crippen molar-refractivity contribution < 1.29 is 4.52 Å². The number of hydrogen-bond donors (Lipinski definition) is 2. The highest BCUT2D eigenvalue weighted by molar-refractivity contribution is 5.79. The highest BCUT2D eigenvalue weighted by Gasteiger charge is 2.05. The van der Waals surface area contributed by atoms with Gasteiger partial charge in [0, 0.05) is 26.6 Å². The Hall–Kier alpha value is -1.59. The monoisotopic (exact) mass is 281 g/mol. The van der Waals surface area contributed by atoms with Gasteiger partial charge in [-0.2, -0.15) is 4.98 Å². The predicted molar refractivity (Wildman–Crippen MR) is 80.8 cm³/mol. The first-order chi connectivity index (χ1) is 9.69. The molecule has 2 N–H and O–H groups in total. The maximum atomic E-state index is 5.07. The van der Waals surface area contributed by atoms with Gasteiger partial charge in [0.25, 0.3) is 0 Å². The van der Waals surface area contributed by atoms with Crippen molar-refractivity contribution in [2.45, 2.75) is 46.5 Å². The molecule has 0 spiro atoms. The van der Waals surface area contributed by atoms with Crippen LogP contribution in [-0.4, -0.2) is 36.2 Å². The van der Waals surface area contributed by atoms with Gasteiger partial charge in [0.05, 0.1) is 0 Å². The third-order valence-corrected chi connectivity index (χ3v) is 3.37. The van der Waals surface area contributed by atoms with Crippen molar-refractivity contribution in [1.82, 2.24) is 20.8 Å². The molecule has 1 rings (SSSR count). The third kappa shape index (κ3) is 6.04. The van der Waals surface area contributed by atoms with E-state index >= 15 is 0 Å². The highest BCUT2D eigenvalue weighted by Crippen LogP contribution is 2.04. The fourth-order valence-electron chi connectivity index (χ4n) is 1.93. The largest absolute Gasteiger partial charge is 0.356 e. The predicted octanol–water partition coefficient (Wildman–Crippen LogP) is 1.91. The number of hydrogen-bond acceptors (Lipinski definition) is 4. The van der Waals surface area contributed by atoms with Gasteiger partial charge >= 0.3 is 0 Å². The van der Waals surface area contributed by atoms with Crippen LogP contribution in [0.5, 0.6) is 0 Å². The topological polar surface area (TPSA) is 75.3 Å². The van der Waals surface area contributed by atoms with Gasteiger partial charge in [0.1, 0.15) is 0 Å². The number of aromatic nitrogens is 2. The van der Waals surface area contributed by atoms with Crippen molar-refractivity contribution in [2.75, 3.05) is 20.1 Å². The summed E-state index contributed by atoms with van der Waals surface area (Å²) in [4.78, 5) is 8.40. The van der Waals surface area contributed by atoms with Crippen molar-refractivity contribution in [3.63, 3.8) is 0 Å². The van der Waals surface area contributed by atoms with Crippen LogP contribution in [0.25, 0.3) is 0 Å². The summed E-state index contributed by atoms with van der Waals surface area (Å²) in [6.07, 6.45) is 4.11. The zero-order valence-electron chi connectivity index (χ0n) is 13.1. The Morgan fingerprint density at radius 1 is 1.30 bits per heavy atom. The summed E-state index contributed by atoms with van der Waals surface area (Å²) in [7, 11) is 1.80. The number of nitrogens with one attached hydrogen (secondary N) is 2. The Balaban J connectivity index is 2.18. The number of aryl methyl sites for hydroxylation is 2. The van der Waals surface area contributed by atoms with Gasteiger partial charge < -0.3 is 15.2 Å². The molecule has 0 atom stereocenters. The van der Waals surface area contributed by atoms with Crippen molar-refractivity contribution in [2.24, 2.45) is 10.9 Å². The van der Waals surface area contributed by atoms with Crippen LogP contribution in [0.2, 0.25) is 0 Å². The fraction of sp³-hybridized carbons (Fsp3) is 0.786. The summed E-state index contributed by atoms with van der Waals surface area (Å²) in [6, 6.07) is 0. The minimum Gasteiger partial charge on any atom is -0.356 e. The van der Waals surface area contributed by atoms with Gasteiger partial charge in [0.2, 0.25) is 5.89 Å². The summed E-state index contributed by atoms with van der Waals surface area (Å²) in [6.45, 7) is 8.07. The lowest BCUT2D eigenvalue weighted by Crippen LogP contribution is -2.40. The van der Waals surface area contributed by atoms with Crippen molar-refractivity contribution in [3.8, 4) is 0 Å². The zero-order valence-corrected chi connectivity index (χ0v) is 13.1. The fourth-order valence-corrected chi connectivity index (χ4v) is 1.93. The van der Waals surface area contributed by atoms with E-state index in [1.54, 1.807) is 7.05 Å². The average molecular weight is 281 g/mol. The smallest absolute Gasteiger partial charge is 0.226 e. The maximum absolute atomic E-state index is 5.07. The summed E-state index contributed by atoms with van der Waals surface area (Å²) in [5.41, 5.74) is 0. The Morgan fingerprint density at radius 2 is 2.05 bits per heavy atom. The SMILES string of the molecule is CCC(CC)CNC(=NC)NCCCc1nc(C)no1. The van der Waals surface area contributed by atoms with Crippen molar-refractivity contribution >= 4 is 5.96 Å². The lowest BCUT2D eigenvalue weighted by molar-refractivity contribution is 0.372. The molecule has 0 radical (unpaired) electrons. The van der Waals surface area contributed by atoms with Crippen LogP contribution in [0.4, 0.5) is 0 Å². The van der Waals surface area contributed by atoms with Crippen molar-refractivity contribution in [3.05, 3.63) is 11.7 Å². The minimum absolute atomic E-state index is 0.690. The summed E-state index contributed by atoms with van der Waals surface area (Å²) < 4.78 is 5.07. The maximum Gasteiger partial charge on any atom is 0.226 e. The van der Waals surface area contributed by atoms with Gasteiger partial charge in [-0.1, -0.05) is 31.8 Å². The normalized spacial score (nSPS) is 11.9. The van der Waals surface area contributed by atoms with E-state index in [1.807, 2.05) is 6.92 Å². The zero-order chi connectivity index (χ0) is 14.8. The lowest BCUT2D eigenvalue weighted by Gasteiger charge is -2.16. The second-order valence-corrected chi connectivity index (χ2v) is 4.90. The van der Waals surface area contributed by atoms with E-state index < -0.39 is 0 Å². The van der Waals surface area contributed by atoms with E-state index in [0.29, 0.717) is 17.6 Å². The van der Waals surface area contributed by atoms with E-state index in [0.717, 1.165) is 31.9 Å². The molecule has 0 unspecified atom stereocenters. The standard InChI is InChI=1S/C14H27N5O/c1-5-12(6-2)10-17-14(15-4)16-9-7-8-13-18-11(3)19-20-13/h12H,5-10H2,1-4H3,(H2,15,16,17). The average Bonchev–Trinajstić information content (AvgIpc) is 2.87. The number of nitrogens with zero attached hydrogens (tertiary/aromatic N) is 3. The van der Waals surface area contributed by atoms with Gasteiger partial charge in [-0.25, -0.2) is 0 Å². The molecular weight excluding hydrogens is 254 g/mol. The third-order valence-electron chi connectivity index (χ3n) is 3.37. The molecule has 0 aliphatic carbocycles. The van der Waals surface area contributed by atoms with Crippen LogP contribution < -0.4 is 10.6 Å². The molecule has 6 nitrogen and oxygen atoms in total. The molecule has 1 heterocycles. The minimum atomic E-state index is 0.690. The van der Waals surface area contributed by atoms with Gasteiger partial charge in [-0.3, -0.25) is 4.99 Å². The Labute approximate surface area is 121 Å². The van der Waals surface area contributed by atoms with Crippen LogP contribution >= 0.6 is 0 Å². The van der Waals surface area contributed by atoms with E-state index in [-0.39, 0.29) is 0 Å². The molecule has 1 aromatic rings. The first-order valence-electron chi connectivity index (χ1n) is 7.43. The molecule has 0 saturated carbocycles. The van der Waals surface area contributed by atoms with Crippen LogP contribution in [0.3, 0.4) is 0 Å². The second-order valence-electron chi connectivity index (χ2n) is 4.90. The first-order valence-corrected chi connectivity index (χ1v) is 7.43. The number of aliphatic imine (C=N–C) groups is 1. The van der Waals surface area contributed by atoms with Gasteiger partial charge in [-0.05, 0) is 19.3 Å². The molecule has 0 fully saturated rings. The molecular formula is C14H27N5O. The van der Waals surface area contributed by atoms with Crippen molar-refractivity contribution in [1.29, 1.82) is 0 Å². The Bertz CT molecular complexity index is 398. The summed E-state index contributed by atoms with van der Waals surface area (Å²) >= 11 is 0. The molecule has 0 aliphatic rings. The molecule has 0 amide bonds. The molecule has 0 aromatic carbocycles.